The number of fused-ring (bicyclic) bond motifs is 1. The van der Waals surface area contributed by atoms with Gasteiger partial charge < -0.3 is 19.3 Å². The number of rotatable bonds is 7. The molecule has 2 aliphatic rings. The number of carbonyl (C=O) groups excluding carboxylic acids is 2. The second-order valence-electron chi connectivity index (χ2n) is 8.62. The summed E-state index contributed by atoms with van der Waals surface area (Å²) in [4.78, 5) is 28.7. The molecule has 0 radical (unpaired) electrons. The number of hydrogen-bond donors (Lipinski definition) is 0. The van der Waals surface area contributed by atoms with Crippen LogP contribution in [0.4, 0.5) is 11.4 Å². The van der Waals surface area contributed by atoms with Gasteiger partial charge in [-0.1, -0.05) is 42.5 Å². The van der Waals surface area contributed by atoms with Gasteiger partial charge in [0.15, 0.2) is 5.84 Å². The molecule has 2 heterocycles. The van der Waals surface area contributed by atoms with Crippen LogP contribution in [0.25, 0.3) is 0 Å². The third-order valence-corrected chi connectivity index (χ3v) is 7.65. The maximum Gasteiger partial charge on any atom is 0.311 e. The van der Waals surface area contributed by atoms with Crippen molar-refractivity contribution in [1.82, 2.24) is 0 Å². The molecule has 0 aliphatic carbocycles. The van der Waals surface area contributed by atoms with Gasteiger partial charge in [-0.3, -0.25) is 9.59 Å². The number of carbonyl (C=O) groups is 2. The van der Waals surface area contributed by atoms with Gasteiger partial charge in [0, 0.05) is 24.2 Å². The smallest absolute Gasteiger partial charge is 0.311 e. The monoisotopic (exact) mass is 519 g/mol. The lowest BCUT2D eigenvalue weighted by atomic mass is 10.1. The van der Waals surface area contributed by atoms with Gasteiger partial charge in [-0.25, -0.2) is 0 Å². The largest absolute Gasteiger partial charge is 0.495 e. The van der Waals surface area contributed by atoms with Crippen molar-refractivity contribution in [3.8, 4) is 5.75 Å². The molecule has 0 saturated carbocycles. The number of benzene rings is 3. The second kappa shape index (κ2) is 10.1. The van der Waals surface area contributed by atoms with Gasteiger partial charge in [-0.15, -0.1) is 4.40 Å². The van der Waals surface area contributed by atoms with E-state index in [2.05, 4.69) is 4.40 Å². The molecule has 0 N–H and O–H groups in total. The van der Waals surface area contributed by atoms with Crippen LogP contribution in [-0.2, 0) is 24.3 Å². The number of amidine groups is 1. The van der Waals surface area contributed by atoms with E-state index < -0.39 is 21.9 Å². The summed E-state index contributed by atoms with van der Waals surface area (Å²) in [6, 6.07) is 22.9. The number of anilines is 2. The van der Waals surface area contributed by atoms with Crippen molar-refractivity contribution in [2.75, 3.05) is 36.6 Å². The molecule has 190 valence electrons. The molecule has 0 spiro atoms. The molecule has 0 bridgehead atoms. The fraction of sp³-hybridized carbons (Fsp3) is 0.222. The normalized spacial score (nSPS) is 17.8. The van der Waals surface area contributed by atoms with Crippen molar-refractivity contribution in [3.63, 3.8) is 0 Å². The van der Waals surface area contributed by atoms with E-state index in [0.29, 0.717) is 17.0 Å². The Kier molecular flexibility index (Phi) is 6.66. The molecule has 0 unspecified atom stereocenters. The van der Waals surface area contributed by atoms with E-state index in [9.17, 15) is 18.0 Å². The second-order valence-corrected chi connectivity index (χ2v) is 10.2. The number of amides is 1. The quantitative estimate of drug-likeness (QED) is 0.441. The predicted molar refractivity (Wildman–Crippen MR) is 138 cm³/mol. The highest BCUT2D eigenvalue weighted by Crippen LogP contribution is 2.34. The van der Waals surface area contributed by atoms with Crippen LogP contribution in [0.15, 0.2) is 88.2 Å². The van der Waals surface area contributed by atoms with Crippen molar-refractivity contribution in [1.29, 1.82) is 0 Å². The average molecular weight is 520 g/mol. The minimum Gasteiger partial charge on any atom is -0.495 e. The number of ether oxygens (including phenoxy) is 2. The number of sulfonamides is 1. The molecule has 0 aromatic heterocycles. The van der Waals surface area contributed by atoms with Crippen molar-refractivity contribution in [3.05, 3.63) is 84.4 Å². The lowest BCUT2D eigenvalue weighted by Gasteiger charge is -2.26. The minimum absolute atomic E-state index is 0.0475. The summed E-state index contributed by atoms with van der Waals surface area (Å²) in [5.41, 5.74) is 1.78. The van der Waals surface area contributed by atoms with Crippen LogP contribution in [0.5, 0.6) is 5.75 Å². The third-order valence-electron chi connectivity index (χ3n) is 6.33. The number of para-hydroxylation sites is 3. The summed E-state index contributed by atoms with van der Waals surface area (Å²) < 4.78 is 40.6. The molecular formula is C27H25N3O6S. The van der Waals surface area contributed by atoms with E-state index in [1.807, 2.05) is 30.3 Å². The number of methoxy groups -OCH3 is 1. The maximum absolute atomic E-state index is 12.9. The highest BCUT2D eigenvalue weighted by molar-refractivity contribution is 7.90. The topological polar surface area (TPSA) is 106 Å². The molecule has 1 saturated heterocycles. The van der Waals surface area contributed by atoms with Crippen LogP contribution in [0.1, 0.15) is 12.0 Å². The first-order chi connectivity index (χ1) is 17.9. The molecule has 5 rings (SSSR count). The van der Waals surface area contributed by atoms with Crippen molar-refractivity contribution >= 4 is 39.1 Å². The highest BCUT2D eigenvalue weighted by Gasteiger charge is 2.37. The lowest BCUT2D eigenvalue weighted by molar-refractivity contribution is -0.148. The van der Waals surface area contributed by atoms with Gasteiger partial charge >= 0.3 is 5.97 Å². The molecule has 1 fully saturated rings. The summed E-state index contributed by atoms with van der Waals surface area (Å²) in [5.74, 6) is -0.461. The van der Waals surface area contributed by atoms with E-state index in [4.69, 9.17) is 9.47 Å². The molecule has 2 aliphatic heterocycles. The zero-order valence-corrected chi connectivity index (χ0v) is 20.9. The van der Waals surface area contributed by atoms with Crippen LogP contribution in [0, 0.1) is 5.92 Å². The molecule has 3 aromatic carbocycles. The Bertz CT molecular complexity index is 1470. The Morgan fingerprint density at radius 1 is 1.03 bits per heavy atom. The number of hydrogen-bond acceptors (Lipinski definition) is 7. The van der Waals surface area contributed by atoms with Gasteiger partial charge in [0.1, 0.15) is 17.3 Å². The van der Waals surface area contributed by atoms with E-state index in [1.165, 1.54) is 13.2 Å². The van der Waals surface area contributed by atoms with Crippen molar-refractivity contribution < 1.29 is 27.5 Å². The van der Waals surface area contributed by atoms with E-state index in [0.717, 1.165) is 5.69 Å². The molecule has 1 amide bonds. The van der Waals surface area contributed by atoms with E-state index >= 15 is 0 Å². The van der Waals surface area contributed by atoms with Crippen LogP contribution in [-0.4, -0.2) is 52.9 Å². The molecular weight excluding hydrogens is 494 g/mol. The average Bonchev–Trinajstić information content (AvgIpc) is 3.44. The predicted octanol–water partition coefficient (Wildman–Crippen LogP) is 3.25. The SMILES string of the molecule is COc1ccccc1N(CCOC(=O)[C@H]1CC(=O)N(c2ccccc2)C1)C1=NS(=O)(=O)c2ccccc21. The fourth-order valence-electron chi connectivity index (χ4n) is 4.55. The van der Waals surface area contributed by atoms with Crippen LogP contribution >= 0.6 is 0 Å². The molecule has 10 heteroatoms. The first-order valence-corrected chi connectivity index (χ1v) is 13.2. The minimum atomic E-state index is -3.87. The zero-order chi connectivity index (χ0) is 26.0. The first kappa shape index (κ1) is 24.5. The Morgan fingerprint density at radius 2 is 1.73 bits per heavy atom. The Balaban J connectivity index is 1.34. The van der Waals surface area contributed by atoms with Crippen molar-refractivity contribution in [2.24, 2.45) is 10.3 Å². The van der Waals surface area contributed by atoms with Crippen molar-refractivity contribution in [2.45, 2.75) is 11.3 Å². The number of nitrogens with zero attached hydrogens (tertiary/aromatic N) is 3. The Labute approximate surface area is 215 Å². The fourth-order valence-corrected chi connectivity index (χ4v) is 5.77. The Hall–Kier alpha value is -4.18. The van der Waals surface area contributed by atoms with Crippen LogP contribution in [0.2, 0.25) is 0 Å². The van der Waals surface area contributed by atoms with E-state index in [-0.39, 0.29) is 42.8 Å². The van der Waals surface area contributed by atoms with E-state index in [1.54, 1.807) is 52.3 Å². The zero-order valence-electron chi connectivity index (χ0n) is 20.1. The molecule has 3 aromatic rings. The van der Waals surface area contributed by atoms with Crippen LogP contribution in [0.3, 0.4) is 0 Å². The lowest BCUT2D eigenvalue weighted by Crippen LogP contribution is -2.35. The summed E-state index contributed by atoms with van der Waals surface area (Å²) in [7, 11) is -2.34. The van der Waals surface area contributed by atoms with Gasteiger partial charge in [-0.2, -0.15) is 8.42 Å². The van der Waals surface area contributed by atoms with Gasteiger partial charge in [-0.05, 0) is 36.4 Å². The standard InChI is InChI=1S/C27H25N3O6S/c1-35-23-13-7-6-12-22(23)29(26-21-11-5-8-14-24(21)37(33,34)28-26)15-16-36-27(32)19-17-25(31)30(18-19)20-9-3-2-4-10-20/h2-14,19H,15-18H2,1H3/t19-/m0/s1. The van der Waals surface area contributed by atoms with Gasteiger partial charge in [0.25, 0.3) is 10.0 Å². The summed E-state index contributed by atoms with van der Waals surface area (Å²) in [5, 5.41) is 0. The maximum atomic E-state index is 12.9. The van der Waals surface area contributed by atoms with Crippen LogP contribution < -0.4 is 14.5 Å². The third kappa shape index (κ3) is 4.79. The van der Waals surface area contributed by atoms with Gasteiger partial charge in [0.2, 0.25) is 5.91 Å². The molecule has 9 nitrogen and oxygen atoms in total. The molecule has 37 heavy (non-hydrogen) atoms. The highest BCUT2D eigenvalue weighted by atomic mass is 32.2. The molecule has 1 atom stereocenters. The summed E-state index contributed by atoms with van der Waals surface area (Å²) in [6.07, 6.45) is 0.0717. The number of esters is 1. The first-order valence-electron chi connectivity index (χ1n) is 11.8. The summed E-state index contributed by atoms with van der Waals surface area (Å²) >= 11 is 0. The summed E-state index contributed by atoms with van der Waals surface area (Å²) in [6.45, 7) is 0.322. The Morgan fingerprint density at radius 3 is 2.51 bits per heavy atom. The van der Waals surface area contributed by atoms with Gasteiger partial charge in [0.05, 0.1) is 25.3 Å².